The van der Waals surface area contributed by atoms with Crippen molar-refractivity contribution in [1.82, 2.24) is 0 Å². The van der Waals surface area contributed by atoms with Gasteiger partial charge in [0.1, 0.15) is 0 Å². The fraction of sp³-hybridized carbons (Fsp3) is 0.400. The van der Waals surface area contributed by atoms with Crippen molar-refractivity contribution in [2.24, 2.45) is 0 Å². The van der Waals surface area contributed by atoms with Crippen LogP contribution in [0.5, 0.6) is 0 Å². The molecular formula is C10H15BO2S2. The van der Waals surface area contributed by atoms with Gasteiger partial charge in [-0.15, -0.1) is 23.5 Å². The van der Waals surface area contributed by atoms with E-state index < -0.39 is 7.12 Å². The molecule has 5 heteroatoms. The Labute approximate surface area is 99.6 Å². The summed E-state index contributed by atoms with van der Waals surface area (Å²) < 4.78 is 0. The SMILES string of the molecule is CCSc1cc(SCC)cc(B(O)O)c1. The van der Waals surface area contributed by atoms with Crippen molar-refractivity contribution in [3.8, 4) is 0 Å². The third-order valence-corrected chi connectivity index (χ3v) is 3.54. The van der Waals surface area contributed by atoms with Crippen LogP contribution < -0.4 is 5.46 Å². The molecule has 1 rings (SSSR count). The highest BCUT2D eigenvalue weighted by Gasteiger charge is 2.13. The summed E-state index contributed by atoms with van der Waals surface area (Å²) in [4.78, 5) is 2.19. The molecule has 0 heterocycles. The fourth-order valence-corrected chi connectivity index (χ4v) is 2.84. The van der Waals surface area contributed by atoms with E-state index in [9.17, 15) is 0 Å². The molecule has 0 fully saturated rings. The van der Waals surface area contributed by atoms with Crippen LogP contribution in [0.1, 0.15) is 13.8 Å². The zero-order valence-electron chi connectivity index (χ0n) is 8.93. The van der Waals surface area contributed by atoms with Gasteiger partial charge in [0.15, 0.2) is 0 Å². The highest BCUT2D eigenvalue weighted by Crippen LogP contribution is 2.23. The number of hydrogen-bond acceptors (Lipinski definition) is 4. The molecule has 0 radical (unpaired) electrons. The molecule has 0 unspecified atom stereocenters. The van der Waals surface area contributed by atoms with Gasteiger partial charge in [0.25, 0.3) is 0 Å². The van der Waals surface area contributed by atoms with E-state index in [0.717, 1.165) is 21.3 Å². The van der Waals surface area contributed by atoms with Gasteiger partial charge >= 0.3 is 7.12 Å². The van der Waals surface area contributed by atoms with Gasteiger partial charge in [-0.05, 0) is 35.2 Å². The average molecular weight is 242 g/mol. The van der Waals surface area contributed by atoms with Crippen molar-refractivity contribution in [3.05, 3.63) is 18.2 Å². The van der Waals surface area contributed by atoms with Gasteiger partial charge < -0.3 is 10.0 Å². The summed E-state index contributed by atoms with van der Waals surface area (Å²) in [6, 6.07) is 5.76. The molecule has 0 aromatic heterocycles. The number of hydrogen-bond donors (Lipinski definition) is 2. The molecule has 0 spiro atoms. The number of benzene rings is 1. The van der Waals surface area contributed by atoms with E-state index in [-0.39, 0.29) is 0 Å². The Morgan fingerprint density at radius 2 is 1.47 bits per heavy atom. The van der Waals surface area contributed by atoms with Crippen LogP contribution in [-0.4, -0.2) is 28.7 Å². The van der Waals surface area contributed by atoms with E-state index in [0.29, 0.717) is 5.46 Å². The van der Waals surface area contributed by atoms with Gasteiger partial charge in [0, 0.05) is 9.79 Å². The van der Waals surface area contributed by atoms with Crippen molar-refractivity contribution >= 4 is 36.1 Å². The second-order valence-electron chi connectivity index (χ2n) is 2.98. The quantitative estimate of drug-likeness (QED) is 0.607. The molecule has 0 saturated heterocycles. The lowest BCUT2D eigenvalue weighted by atomic mass is 9.80. The summed E-state index contributed by atoms with van der Waals surface area (Å²) in [7, 11) is -1.38. The molecule has 15 heavy (non-hydrogen) atoms. The highest BCUT2D eigenvalue weighted by atomic mass is 32.2. The monoisotopic (exact) mass is 242 g/mol. The molecule has 0 atom stereocenters. The second kappa shape index (κ2) is 6.48. The minimum Gasteiger partial charge on any atom is -0.423 e. The Morgan fingerprint density at radius 1 is 1.00 bits per heavy atom. The first-order valence-electron chi connectivity index (χ1n) is 4.94. The maximum absolute atomic E-state index is 9.15. The van der Waals surface area contributed by atoms with Crippen LogP contribution in [0.3, 0.4) is 0 Å². The van der Waals surface area contributed by atoms with Crippen molar-refractivity contribution in [1.29, 1.82) is 0 Å². The summed E-state index contributed by atoms with van der Waals surface area (Å²) in [5.41, 5.74) is 0.574. The molecule has 0 aliphatic carbocycles. The van der Waals surface area contributed by atoms with Gasteiger partial charge in [-0.2, -0.15) is 0 Å². The molecule has 1 aromatic carbocycles. The molecule has 2 nitrogen and oxygen atoms in total. The Hall–Kier alpha value is -0.0951. The molecule has 0 amide bonds. The maximum Gasteiger partial charge on any atom is 0.488 e. The lowest BCUT2D eigenvalue weighted by molar-refractivity contribution is 0.425. The number of rotatable bonds is 5. The average Bonchev–Trinajstić information content (AvgIpc) is 2.18. The Bertz CT molecular complexity index is 294. The van der Waals surface area contributed by atoms with Crippen LogP contribution in [0.2, 0.25) is 0 Å². The topological polar surface area (TPSA) is 40.5 Å². The molecule has 0 bridgehead atoms. The van der Waals surface area contributed by atoms with Crippen LogP contribution in [0.25, 0.3) is 0 Å². The fourth-order valence-electron chi connectivity index (χ4n) is 1.24. The highest BCUT2D eigenvalue weighted by molar-refractivity contribution is 8.00. The van der Waals surface area contributed by atoms with Crippen LogP contribution >= 0.6 is 23.5 Å². The van der Waals surface area contributed by atoms with Gasteiger partial charge in [-0.3, -0.25) is 0 Å². The summed E-state index contributed by atoms with van der Waals surface area (Å²) in [6.45, 7) is 4.17. The lowest BCUT2D eigenvalue weighted by Crippen LogP contribution is -2.29. The van der Waals surface area contributed by atoms with Crippen LogP contribution in [-0.2, 0) is 0 Å². The van der Waals surface area contributed by atoms with Gasteiger partial charge in [-0.25, -0.2) is 0 Å². The summed E-state index contributed by atoms with van der Waals surface area (Å²) >= 11 is 3.42. The number of thioether (sulfide) groups is 2. The van der Waals surface area contributed by atoms with Crippen molar-refractivity contribution in [2.75, 3.05) is 11.5 Å². The van der Waals surface area contributed by atoms with Crippen LogP contribution in [0, 0.1) is 0 Å². The molecular weight excluding hydrogens is 227 g/mol. The maximum atomic E-state index is 9.15. The molecule has 0 aliphatic heterocycles. The third-order valence-electron chi connectivity index (χ3n) is 1.82. The van der Waals surface area contributed by atoms with Gasteiger partial charge in [-0.1, -0.05) is 13.8 Å². The van der Waals surface area contributed by atoms with E-state index >= 15 is 0 Å². The normalized spacial score (nSPS) is 10.4. The summed E-state index contributed by atoms with van der Waals surface area (Å²) in [5.74, 6) is 1.97. The smallest absolute Gasteiger partial charge is 0.423 e. The first-order valence-corrected chi connectivity index (χ1v) is 6.91. The summed E-state index contributed by atoms with van der Waals surface area (Å²) in [5, 5.41) is 18.3. The van der Waals surface area contributed by atoms with E-state index in [4.69, 9.17) is 10.0 Å². The van der Waals surface area contributed by atoms with Gasteiger partial charge in [0.2, 0.25) is 0 Å². The largest absolute Gasteiger partial charge is 0.488 e. The Kier molecular flexibility index (Phi) is 5.60. The van der Waals surface area contributed by atoms with E-state index in [1.165, 1.54) is 0 Å². The minimum atomic E-state index is -1.38. The zero-order chi connectivity index (χ0) is 11.3. The first-order chi connectivity index (χ1) is 7.17. The van der Waals surface area contributed by atoms with Crippen molar-refractivity contribution in [3.63, 3.8) is 0 Å². The second-order valence-corrected chi connectivity index (χ2v) is 5.65. The van der Waals surface area contributed by atoms with E-state index in [2.05, 4.69) is 19.9 Å². The molecule has 0 aliphatic rings. The molecule has 82 valence electrons. The van der Waals surface area contributed by atoms with Crippen molar-refractivity contribution < 1.29 is 10.0 Å². The zero-order valence-corrected chi connectivity index (χ0v) is 10.6. The molecule has 2 N–H and O–H groups in total. The Balaban J connectivity index is 2.97. The first kappa shape index (κ1) is 13.0. The van der Waals surface area contributed by atoms with Crippen LogP contribution in [0.15, 0.2) is 28.0 Å². The van der Waals surface area contributed by atoms with Crippen molar-refractivity contribution in [2.45, 2.75) is 23.6 Å². The molecule has 0 saturated carbocycles. The molecule has 1 aromatic rings. The predicted molar refractivity (Wildman–Crippen MR) is 69.1 cm³/mol. The lowest BCUT2D eigenvalue weighted by Gasteiger charge is -2.07. The van der Waals surface area contributed by atoms with E-state index in [1.54, 1.807) is 23.5 Å². The third kappa shape index (κ3) is 4.11. The Morgan fingerprint density at radius 3 is 1.80 bits per heavy atom. The van der Waals surface area contributed by atoms with Gasteiger partial charge in [0.05, 0.1) is 0 Å². The summed E-state index contributed by atoms with van der Waals surface area (Å²) in [6.07, 6.45) is 0. The minimum absolute atomic E-state index is 0.574. The standard InChI is InChI=1S/C10H15BO2S2/c1-3-14-9-5-8(11(12)13)6-10(7-9)15-4-2/h5-7,12-13H,3-4H2,1-2H3. The van der Waals surface area contributed by atoms with Crippen LogP contribution in [0.4, 0.5) is 0 Å². The van der Waals surface area contributed by atoms with E-state index in [1.807, 2.05) is 12.1 Å². The predicted octanol–water partition coefficient (Wildman–Crippen LogP) is 1.59.